The molecule has 2 aromatic rings. The second-order valence-electron chi connectivity index (χ2n) is 4.46. The van der Waals surface area contributed by atoms with E-state index in [0.717, 1.165) is 43.8 Å². The molecule has 0 spiro atoms. The lowest BCUT2D eigenvalue weighted by atomic mass is 10.1. The summed E-state index contributed by atoms with van der Waals surface area (Å²) in [5.74, 6) is 0.914. The van der Waals surface area contributed by atoms with Crippen LogP contribution < -0.4 is 4.74 Å². The third kappa shape index (κ3) is 5.64. The normalized spacial score (nSPS) is 11.0. The van der Waals surface area contributed by atoms with Crippen molar-refractivity contribution < 1.29 is 4.74 Å². The van der Waals surface area contributed by atoms with Crippen molar-refractivity contribution in [2.45, 2.75) is 6.42 Å². The van der Waals surface area contributed by atoms with Gasteiger partial charge < -0.3 is 4.74 Å². The van der Waals surface area contributed by atoms with Crippen molar-refractivity contribution in [3.8, 4) is 5.75 Å². The third-order valence-corrected chi connectivity index (χ3v) is 4.51. The van der Waals surface area contributed by atoms with Crippen LogP contribution in [-0.4, -0.2) is 11.0 Å². The topological polar surface area (TPSA) is 9.23 Å². The molecule has 0 bridgehead atoms. The third-order valence-electron chi connectivity index (χ3n) is 2.82. The highest BCUT2D eigenvalue weighted by atomic mass is 127. The standard InChI is InChI=1S/C17H15BrClIO/c18-17-12-15(19)8-7-14(17)6-5-13-3-1-4-16(11-13)21-10-2-9-20/h1,3-8,11-12H,2,9-10H2. The maximum Gasteiger partial charge on any atom is 0.119 e. The molecule has 0 aliphatic rings. The molecule has 4 heteroatoms. The van der Waals surface area contributed by atoms with Gasteiger partial charge in [-0.05, 0) is 41.8 Å². The van der Waals surface area contributed by atoms with Gasteiger partial charge in [-0.15, -0.1) is 0 Å². The van der Waals surface area contributed by atoms with Crippen molar-refractivity contribution in [3.05, 3.63) is 63.1 Å². The molecule has 0 aliphatic carbocycles. The van der Waals surface area contributed by atoms with Crippen molar-refractivity contribution in [2.24, 2.45) is 0 Å². The molecule has 0 unspecified atom stereocenters. The Morgan fingerprint density at radius 3 is 2.76 bits per heavy atom. The summed E-state index contributed by atoms with van der Waals surface area (Å²) >= 11 is 11.8. The van der Waals surface area contributed by atoms with Crippen LogP contribution in [0.2, 0.25) is 5.02 Å². The highest BCUT2D eigenvalue weighted by Crippen LogP contribution is 2.24. The van der Waals surface area contributed by atoms with E-state index >= 15 is 0 Å². The minimum absolute atomic E-state index is 0.727. The quantitative estimate of drug-likeness (QED) is 0.200. The Hall–Kier alpha value is -0.520. The van der Waals surface area contributed by atoms with Crippen molar-refractivity contribution in [1.29, 1.82) is 0 Å². The zero-order valence-electron chi connectivity index (χ0n) is 11.4. The molecule has 2 rings (SSSR count). The molecule has 0 aromatic heterocycles. The van der Waals surface area contributed by atoms with E-state index in [4.69, 9.17) is 16.3 Å². The number of hydrogen-bond acceptors (Lipinski definition) is 1. The van der Waals surface area contributed by atoms with Crippen LogP contribution in [0, 0.1) is 0 Å². The van der Waals surface area contributed by atoms with Gasteiger partial charge in [0.1, 0.15) is 5.75 Å². The van der Waals surface area contributed by atoms with Crippen LogP contribution in [0.25, 0.3) is 12.2 Å². The lowest BCUT2D eigenvalue weighted by Gasteiger charge is -2.05. The summed E-state index contributed by atoms with van der Waals surface area (Å²) in [6, 6.07) is 13.9. The molecule has 0 heterocycles. The van der Waals surface area contributed by atoms with Gasteiger partial charge in [0.25, 0.3) is 0 Å². The summed E-state index contributed by atoms with van der Waals surface area (Å²) in [7, 11) is 0. The van der Waals surface area contributed by atoms with Gasteiger partial charge in [0.2, 0.25) is 0 Å². The van der Waals surface area contributed by atoms with E-state index in [1.165, 1.54) is 0 Å². The van der Waals surface area contributed by atoms with Crippen LogP contribution in [-0.2, 0) is 0 Å². The molecule has 0 N–H and O–H groups in total. The average Bonchev–Trinajstić information content (AvgIpc) is 2.47. The Morgan fingerprint density at radius 1 is 1.14 bits per heavy atom. The predicted octanol–water partition coefficient (Wildman–Crippen LogP) is 6.48. The van der Waals surface area contributed by atoms with Gasteiger partial charge >= 0.3 is 0 Å². The highest BCUT2D eigenvalue weighted by Gasteiger charge is 1.98. The zero-order valence-corrected chi connectivity index (χ0v) is 15.9. The summed E-state index contributed by atoms with van der Waals surface area (Å²) in [6.45, 7) is 0.763. The number of ether oxygens (including phenoxy) is 1. The van der Waals surface area contributed by atoms with E-state index in [2.05, 4.69) is 56.7 Å². The van der Waals surface area contributed by atoms with Crippen LogP contribution >= 0.6 is 50.1 Å². The number of hydrogen-bond donors (Lipinski definition) is 0. The van der Waals surface area contributed by atoms with E-state index < -0.39 is 0 Å². The Labute approximate surface area is 152 Å². The summed E-state index contributed by atoms with van der Waals surface area (Å²) in [6.07, 6.45) is 5.20. The maximum absolute atomic E-state index is 5.94. The highest BCUT2D eigenvalue weighted by molar-refractivity contribution is 14.1. The van der Waals surface area contributed by atoms with E-state index in [0.29, 0.717) is 0 Å². The van der Waals surface area contributed by atoms with Crippen LogP contribution in [0.15, 0.2) is 46.9 Å². The molecular formula is C17H15BrClIO. The monoisotopic (exact) mass is 476 g/mol. The second-order valence-corrected chi connectivity index (χ2v) is 6.83. The number of benzene rings is 2. The first-order valence-electron chi connectivity index (χ1n) is 6.61. The molecule has 0 radical (unpaired) electrons. The molecule has 0 fully saturated rings. The summed E-state index contributed by atoms with van der Waals surface area (Å²) in [4.78, 5) is 0. The summed E-state index contributed by atoms with van der Waals surface area (Å²) < 4.78 is 7.81. The van der Waals surface area contributed by atoms with Crippen LogP contribution in [0.3, 0.4) is 0 Å². The van der Waals surface area contributed by atoms with Gasteiger partial charge in [-0.25, -0.2) is 0 Å². The Bertz CT molecular complexity index is 628. The van der Waals surface area contributed by atoms with Gasteiger partial charge in [0.05, 0.1) is 6.61 Å². The minimum Gasteiger partial charge on any atom is -0.494 e. The van der Waals surface area contributed by atoms with Gasteiger partial charge in [-0.2, -0.15) is 0 Å². The molecule has 0 atom stereocenters. The van der Waals surface area contributed by atoms with Crippen molar-refractivity contribution in [1.82, 2.24) is 0 Å². The fraction of sp³-hybridized carbons (Fsp3) is 0.176. The molecule has 1 nitrogen and oxygen atoms in total. The van der Waals surface area contributed by atoms with Crippen molar-refractivity contribution >= 4 is 62.3 Å². The SMILES string of the molecule is Clc1ccc(C=Cc2cccc(OCCCI)c2)c(Br)c1. The van der Waals surface area contributed by atoms with Gasteiger partial charge in [-0.1, -0.05) is 80.5 Å². The first kappa shape index (κ1) is 16.8. The molecule has 0 aliphatic heterocycles. The molecule has 0 saturated heterocycles. The van der Waals surface area contributed by atoms with Gasteiger partial charge in [-0.3, -0.25) is 0 Å². The van der Waals surface area contributed by atoms with E-state index in [-0.39, 0.29) is 0 Å². The second kappa shape index (κ2) is 8.81. The Morgan fingerprint density at radius 2 is 2.00 bits per heavy atom. The lowest BCUT2D eigenvalue weighted by molar-refractivity contribution is 0.319. The fourth-order valence-corrected chi connectivity index (χ4v) is 2.90. The van der Waals surface area contributed by atoms with Gasteiger partial charge in [0, 0.05) is 13.9 Å². The zero-order chi connectivity index (χ0) is 15.1. The smallest absolute Gasteiger partial charge is 0.119 e. The number of alkyl halides is 1. The van der Waals surface area contributed by atoms with E-state index in [9.17, 15) is 0 Å². The number of halogens is 3. The van der Waals surface area contributed by atoms with Gasteiger partial charge in [0.15, 0.2) is 0 Å². The number of rotatable bonds is 6. The molecule has 21 heavy (non-hydrogen) atoms. The summed E-state index contributed by atoms with van der Waals surface area (Å²) in [5.41, 5.74) is 2.21. The Kier molecular flexibility index (Phi) is 7.07. The average molecular weight is 478 g/mol. The molecule has 0 amide bonds. The summed E-state index contributed by atoms with van der Waals surface area (Å²) in [5, 5.41) is 0.727. The molecule has 0 saturated carbocycles. The lowest BCUT2D eigenvalue weighted by Crippen LogP contribution is -1.97. The Balaban J connectivity index is 2.08. The first-order chi connectivity index (χ1) is 10.2. The maximum atomic E-state index is 5.94. The fourth-order valence-electron chi connectivity index (χ4n) is 1.78. The van der Waals surface area contributed by atoms with Crippen molar-refractivity contribution in [2.75, 3.05) is 11.0 Å². The first-order valence-corrected chi connectivity index (χ1v) is 9.30. The van der Waals surface area contributed by atoms with E-state index in [1.807, 2.05) is 36.4 Å². The largest absolute Gasteiger partial charge is 0.494 e. The van der Waals surface area contributed by atoms with Crippen LogP contribution in [0.4, 0.5) is 0 Å². The minimum atomic E-state index is 0.727. The predicted molar refractivity (Wildman–Crippen MR) is 104 cm³/mol. The molecule has 110 valence electrons. The molecular weight excluding hydrogens is 462 g/mol. The van der Waals surface area contributed by atoms with E-state index in [1.54, 1.807) is 0 Å². The molecule has 2 aromatic carbocycles. The van der Waals surface area contributed by atoms with Crippen LogP contribution in [0.5, 0.6) is 5.75 Å². The van der Waals surface area contributed by atoms with Crippen molar-refractivity contribution in [3.63, 3.8) is 0 Å². The van der Waals surface area contributed by atoms with Crippen LogP contribution in [0.1, 0.15) is 17.5 Å².